The molecule has 1 aliphatic rings. The van der Waals surface area contributed by atoms with Crippen LogP contribution in [-0.4, -0.2) is 12.5 Å². The minimum Gasteiger partial charge on any atom is -0.355 e. The maximum atomic E-state index is 12.3. The molecule has 3 heteroatoms. The number of amides is 1. The van der Waals surface area contributed by atoms with Crippen LogP contribution >= 0.6 is 11.6 Å². The van der Waals surface area contributed by atoms with Crippen LogP contribution in [0.25, 0.3) is 0 Å². The van der Waals surface area contributed by atoms with Gasteiger partial charge in [-0.25, -0.2) is 0 Å². The number of nitrogens with one attached hydrogen (secondary N) is 1. The molecule has 0 radical (unpaired) electrons. The predicted octanol–water partition coefficient (Wildman–Crippen LogP) is 4.24. The summed E-state index contributed by atoms with van der Waals surface area (Å²) < 4.78 is 0. The van der Waals surface area contributed by atoms with Crippen LogP contribution in [0.3, 0.4) is 0 Å². The molecule has 1 fully saturated rings. The average Bonchev–Trinajstić information content (AvgIpc) is 2.92. The smallest absolute Gasteiger partial charge is 0.224 e. The third-order valence-electron chi connectivity index (χ3n) is 4.33. The van der Waals surface area contributed by atoms with Crippen molar-refractivity contribution < 1.29 is 4.79 Å². The van der Waals surface area contributed by atoms with Gasteiger partial charge in [-0.3, -0.25) is 4.79 Å². The van der Waals surface area contributed by atoms with Crippen LogP contribution in [0.15, 0.2) is 35.9 Å². The fraction of sp³-hybridized carbons (Fsp3) is 0.500. The van der Waals surface area contributed by atoms with Gasteiger partial charge in [-0.05, 0) is 49.3 Å². The molecule has 21 heavy (non-hydrogen) atoms. The van der Waals surface area contributed by atoms with Crippen molar-refractivity contribution in [3.8, 4) is 0 Å². The van der Waals surface area contributed by atoms with E-state index in [9.17, 15) is 4.79 Å². The van der Waals surface area contributed by atoms with Gasteiger partial charge in [0.25, 0.3) is 0 Å². The molecule has 2 atom stereocenters. The van der Waals surface area contributed by atoms with Crippen molar-refractivity contribution in [1.29, 1.82) is 0 Å². The number of carbonyl (C=O) groups excluding carboxylic acids is 1. The van der Waals surface area contributed by atoms with E-state index in [1.54, 1.807) is 0 Å². The lowest BCUT2D eigenvalue weighted by Crippen LogP contribution is -2.28. The van der Waals surface area contributed by atoms with E-state index in [0.717, 1.165) is 11.4 Å². The molecular weight excluding hydrogens is 282 g/mol. The third-order valence-corrected chi connectivity index (χ3v) is 4.58. The van der Waals surface area contributed by atoms with Gasteiger partial charge in [-0.15, -0.1) is 0 Å². The molecule has 114 valence electrons. The molecule has 2 nitrogen and oxygen atoms in total. The molecule has 1 N–H and O–H groups in total. The first kappa shape index (κ1) is 16.1. The summed E-state index contributed by atoms with van der Waals surface area (Å²) in [6.45, 7) is 9.18. The van der Waals surface area contributed by atoms with Gasteiger partial charge in [-0.2, -0.15) is 0 Å². The predicted molar refractivity (Wildman–Crippen MR) is 88.4 cm³/mol. The third kappa shape index (κ3) is 3.88. The van der Waals surface area contributed by atoms with Crippen LogP contribution in [-0.2, 0) is 11.2 Å². The standard InChI is InChI=1S/C18H24ClNO/c1-12(2)11-15-16(18(15,3)4)17(21)20-10-9-13-5-7-14(19)8-6-13/h5-8,11,15-16H,9-10H2,1-4H3,(H,20,21). The average molecular weight is 306 g/mol. The van der Waals surface area contributed by atoms with Crippen molar-refractivity contribution in [3.63, 3.8) is 0 Å². The number of allylic oxidation sites excluding steroid dienone is 2. The van der Waals surface area contributed by atoms with E-state index in [1.165, 1.54) is 11.1 Å². The van der Waals surface area contributed by atoms with Gasteiger partial charge in [0.05, 0.1) is 5.92 Å². The normalized spacial score (nSPS) is 22.5. The Bertz CT molecular complexity index is 541. The molecule has 1 aromatic rings. The summed E-state index contributed by atoms with van der Waals surface area (Å²) in [5, 5.41) is 3.81. The highest BCUT2D eigenvalue weighted by Crippen LogP contribution is 2.59. The number of carbonyl (C=O) groups is 1. The molecule has 0 heterocycles. The summed E-state index contributed by atoms with van der Waals surface area (Å²) in [5.41, 5.74) is 2.56. The Morgan fingerprint density at radius 1 is 1.29 bits per heavy atom. The van der Waals surface area contributed by atoms with Crippen LogP contribution < -0.4 is 5.32 Å². The van der Waals surface area contributed by atoms with E-state index in [4.69, 9.17) is 11.6 Å². The molecule has 0 saturated heterocycles. The molecule has 2 rings (SSSR count). The van der Waals surface area contributed by atoms with E-state index in [2.05, 4.69) is 39.1 Å². The van der Waals surface area contributed by atoms with Gasteiger partial charge >= 0.3 is 0 Å². The summed E-state index contributed by atoms with van der Waals surface area (Å²) >= 11 is 5.86. The maximum Gasteiger partial charge on any atom is 0.224 e. The Morgan fingerprint density at radius 3 is 2.48 bits per heavy atom. The highest BCUT2D eigenvalue weighted by atomic mass is 35.5. The first-order valence-corrected chi connectivity index (χ1v) is 7.87. The van der Waals surface area contributed by atoms with Crippen LogP contribution in [0.4, 0.5) is 0 Å². The fourth-order valence-electron chi connectivity index (χ4n) is 2.94. The van der Waals surface area contributed by atoms with Crippen LogP contribution in [0.1, 0.15) is 33.3 Å². The highest BCUT2D eigenvalue weighted by Gasteiger charge is 2.60. The zero-order chi connectivity index (χ0) is 15.6. The van der Waals surface area contributed by atoms with Crippen LogP contribution in [0.5, 0.6) is 0 Å². The van der Waals surface area contributed by atoms with Gasteiger partial charge in [0.2, 0.25) is 5.91 Å². The van der Waals surface area contributed by atoms with Crippen LogP contribution in [0, 0.1) is 17.3 Å². The summed E-state index contributed by atoms with van der Waals surface area (Å²) in [7, 11) is 0. The SMILES string of the molecule is CC(C)=CC1C(C(=O)NCCc2ccc(Cl)cc2)C1(C)C. The zero-order valence-electron chi connectivity index (χ0n) is 13.2. The van der Waals surface area contributed by atoms with E-state index < -0.39 is 0 Å². The second-order valence-electron chi connectivity index (χ2n) is 6.74. The summed E-state index contributed by atoms with van der Waals surface area (Å²) in [5.74, 6) is 0.659. The Morgan fingerprint density at radius 2 is 1.90 bits per heavy atom. The number of benzene rings is 1. The lowest BCUT2D eigenvalue weighted by Gasteiger charge is -2.06. The summed E-state index contributed by atoms with van der Waals surface area (Å²) in [6.07, 6.45) is 3.06. The maximum absolute atomic E-state index is 12.3. The monoisotopic (exact) mass is 305 g/mol. The Kier molecular flexibility index (Phi) is 4.77. The Hall–Kier alpha value is -1.28. The number of hydrogen-bond donors (Lipinski definition) is 1. The molecule has 1 aromatic carbocycles. The molecule has 2 unspecified atom stereocenters. The lowest BCUT2D eigenvalue weighted by atomic mass is 10.1. The Balaban J connectivity index is 1.83. The van der Waals surface area contributed by atoms with E-state index in [-0.39, 0.29) is 17.2 Å². The van der Waals surface area contributed by atoms with Crippen molar-refractivity contribution in [2.24, 2.45) is 17.3 Å². The number of halogens is 1. The first-order chi connectivity index (χ1) is 9.82. The molecule has 1 aliphatic carbocycles. The highest BCUT2D eigenvalue weighted by molar-refractivity contribution is 6.30. The first-order valence-electron chi connectivity index (χ1n) is 7.49. The van der Waals surface area contributed by atoms with Crippen molar-refractivity contribution in [2.45, 2.75) is 34.1 Å². The quantitative estimate of drug-likeness (QED) is 0.810. The number of rotatable bonds is 5. The van der Waals surface area contributed by atoms with Crippen molar-refractivity contribution in [2.75, 3.05) is 6.54 Å². The summed E-state index contributed by atoms with van der Waals surface area (Å²) in [4.78, 5) is 12.3. The minimum absolute atomic E-state index is 0.0849. The number of hydrogen-bond acceptors (Lipinski definition) is 1. The molecule has 0 aliphatic heterocycles. The minimum atomic E-state index is 0.0849. The van der Waals surface area contributed by atoms with Crippen molar-refractivity contribution in [1.82, 2.24) is 5.32 Å². The second-order valence-corrected chi connectivity index (χ2v) is 7.17. The lowest BCUT2D eigenvalue weighted by molar-refractivity contribution is -0.123. The van der Waals surface area contributed by atoms with E-state index >= 15 is 0 Å². The van der Waals surface area contributed by atoms with Crippen molar-refractivity contribution >= 4 is 17.5 Å². The van der Waals surface area contributed by atoms with E-state index in [1.807, 2.05) is 24.3 Å². The Labute approximate surface area is 132 Å². The molecular formula is C18H24ClNO. The molecule has 0 bridgehead atoms. The fourth-order valence-corrected chi connectivity index (χ4v) is 3.07. The summed E-state index contributed by atoms with van der Waals surface area (Å²) in [6, 6.07) is 7.77. The molecule has 0 aromatic heterocycles. The van der Waals surface area contributed by atoms with Gasteiger partial charge in [0.1, 0.15) is 0 Å². The van der Waals surface area contributed by atoms with Gasteiger partial charge < -0.3 is 5.32 Å². The van der Waals surface area contributed by atoms with Crippen molar-refractivity contribution in [3.05, 3.63) is 46.5 Å². The molecule has 0 spiro atoms. The molecule has 1 amide bonds. The van der Waals surface area contributed by atoms with Crippen LogP contribution in [0.2, 0.25) is 5.02 Å². The topological polar surface area (TPSA) is 29.1 Å². The molecule has 1 saturated carbocycles. The van der Waals surface area contributed by atoms with Gasteiger partial charge in [0, 0.05) is 11.6 Å². The second kappa shape index (κ2) is 6.23. The van der Waals surface area contributed by atoms with E-state index in [0.29, 0.717) is 12.5 Å². The largest absolute Gasteiger partial charge is 0.355 e. The zero-order valence-corrected chi connectivity index (χ0v) is 14.0. The van der Waals surface area contributed by atoms with Gasteiger partial charge in [-0.1, -0.05) is 49.2 Å². The van der Waals surface area contributed by atoms with Gasteiger partial charge in [0.15, 0.2) is 0 Å².